The summed E-state index contributed by atoms with van der Waals surface area (Å²) in [7, 11) is 0. The van der Waals surface area contributed by atoms with Crippen molar-refractivity contribution in [1.29, 1.82) is 0 Å². The third-order valence-corrected chi connectivity index (χ3v) is 3.40. The highest BCUT2D eigenvalue weighted by molar-refractivity contribution is 6.04. The van der Waals surface area contributed by atoms with E-state index in [4.69, 9.17) is 0 Å². The Morgan fingerprint density at radius 3 is 2.38 bits per heavy atom. The number of hydrogen-bond acceptors (Lipinski definition) is 3. The molecule has 3 N–H and O–H groups in total. The molecule has 138 valence electrons. The summed E-state index contributed by atoms with van der Waals surface area (Å²) in [6.07, 6.45) is -4.48. The van der Waals surface area contributed by atoms with Gasteiger partial charge in [0.1, 0.15) is 0 Å². The van der Waals surface area contributed by atoms with Gasteiger partial charge < -0.3 is 16.0 Å². The minimum atomic E-state index is -4.48. The molecule has 0 saturated carbocycles. The molecule has 26 heavy (non-hydrogen) atoms. The van der Waals surface area contributed by atoms with Gasteiger partial charge in [0.2, 0.25) is 5.91 Å². The van der Waals surface area contributed by atoms with Crippen molar-refractivity contribution in [2.75, 3.05) is 23.7 Å². The minimum absolute atomic E-state index is 0.0468. The molecule has 2 rings (SSSR count). The Hall–Kier alpha value is -3.03. The predicted molar refractivity (Wildman–Crippen MR) is 93.0 cm³/mol. The van der Waals surface area contributed by atoms with Crippen molar-refractivity contribution in [2.24, 2.45) is 0 Å². The second-order valence-electron chi connectivity index (χ2n) is 5.42. The lowest BCUT2D eigenvalue weighted by Gasteiger charge is -2.11. The van der Waals surface area contributed by atoms with Crippen LogP contribution in [0.15, 0.2) is 48.5 Å². The van der Waals surface area contributed by atoms with Crippen LogP contribution in [0.1, 0.15) is 22.8 Å². The molecule has 0 aliphatic heterocycles. The normalized spacial score (nSPS) is 10.9. The predicted octanol–water partition coefficient (Wildman–Crippen LogP) is 3.51. The number of carbonyl (C=O) groups is 2. The van der Waals surface area contributed by atoms with E-state index in [1.165, 1.54) is 24.3 Å². The molecule has 0 bridgehead atoms. The second-order valence-corrected chi connectivity index (χ2v) is 5.42. The van der Waals surface area contributed by atoms with Crippen molar-refractivity contribution in [3.8, 4) is 0 Å². The molecule has 0 aromatic heterocycles. The molecule has 2 aromatic carbocycles. The third-order valence-electron chi connectivity index (χ3n) is 3.40. The Bertz CT molecular complexity index is 791. The van der Waals surface area contributed by atoms with E-state index in [-0.39, 0.29) is 23.7 Å². The van der Waals surface area contributed by atoms with Gasteiger partial charge in [0.05, 0.1) is 12.1 Å². The van der Waals surface area contributed by atoms with Crippen LogP contribution in [0, 0.1) is 0 Å². The number of amides is 2. The monoisotopic (exact) mass is 365 g/mol. The lowest BCUT2D eigenvalue weighted by Crippen LogP contribution is -2.29. The molecule has 8 heteroatoms. The number of carbonyl (C=O) groups excluding carboxylic acids is 2. The van der Waals surface area contributed by atoms with Gasteiger partial charge in [0, 0.05) is 23.5 Å². The maximum atomic E-state index is 12.7. The van der Waals surface area contributed by atoms with Crippen LogP contribution in [0.5, 0.6) is 0 Å². The van der Waals surface area contributed by atoms with Crippen molar-refractivity contribution < 1.29 is 22.8 Å². The Morgan fingerprint density at radius 2 is 1.69 bits per heavy atom. The number of halogens is 3. The fourth-order valence-electron chi connectivity index (χ4n) is 2.19. The SMILES string of the molecule is CCNC(=O)CNc1cccc(C(=O)Nc2cccc(C(F)(F)F)c2)c1. The van der Waals surface area contributed by atoms with E-state index in [0.29, 0.717) is 12.2 Å². The minimum Gasteiger partial charge on any atom is -0.376 e. The number of benzene rings is 2. The van der Waals surface area contributed by atoms with E-state index in [0.717, 1.165) is 12.1 Å². The number of nitrogens with one attached hydrogen (secondary N) is 3. The van der Waals surface area contributed by atoms with Crippen LogP contribution in [0.4, 0.5) is 24.5 Å². The lowest BCUT2D eigenvalue weighted by molar-refractivity contribution is -0.137. The lowest BCUT2D eigenvalue weighted by atomic mass is 10.1. The molecule has 2 aromatic rings. The fraction of sp³-hybridized carbons (Fsp3) is 0.222. The summed E-state index contributed by atoms with van der Waals surface area (Å²) in [5.74, 6) is -0.739. The number of alkyl halides is 3. The van der Waals surface area contributed by atoms with Crippen LogP contribution in [0.3, 0.4) is 0 Å². The molecule has 0 aliphatic rings. The van der Waals surface area contributed by atoms with Crippen molar-refractivity contribution in [1.82, 2.24) is 5.32 Å². The summed E-state index contributed by atoms with van der Waals surface area (Å²) in [4.78, 5) is 23.7. The topological polar surface area (TPSA) is 70.2 Å². The molecule has 5 nitrogen and oxygen atoms in total. The zero-order valence-corrected chi connectivity index (χ0v) is 14.0. The molecule has 0 aliphatic carbocycles. The van der Waals surface area contributed by atoms with E-state index in [1.807, 2.05) is 0 Å². The first kappa shape index (κ1) is 19.3. The molecule has 0 spiro atoms. The van der Waals surface area contributed by atoms with Crippen molar-refractivity contribution in [2.45, 2.75) is 13.1 Å². The van der Waals surface area contributed by atoms with Gasteiger partial charge in [-0.1, -0.05) is 12.1 Å². The van der Waals surface area contributed by atoms with E-state index < -0.39 is 17.6 Å². The number of rotatable bonds is 6. The number of anilines is 2. The molecular formula is C18H18F3N3O2. The van der Waals surface area contributed by atoms with Crippen LogP contribution in [-0.2, 0) is 11.0 Å². The maximum absolute atomic E-state index is 12.7. The zero-order chi connectivity index (χ0) is 19.2. The van der Waals surface area contributed by atoms with Gasteiger partial charge in [0.15, 0.2) is 0 Å². The highest BCUT2D eigenvalue weighted by Gasteiger charge is 2.30. The summed E-state index contributed by atoms with van der Waals surface area (Å²) >= 11 is 0. The van der Waals surface area contributed by atoms with Gasteiger partial charge >= 0.3 is 6.18 Å². The van der Waals surface area contributed by atoms with Crippen molar-refractivity contribution >= 4 is 23.2 Å². The first-order valence-electron chi connectivity index (χ1n) is 7.89. The van der Waals surface area contributed by atoms with E-state index in [1.54, 1.807) is 19.1 Å². The zero-order valence-electron chi connectivity index (χ0n) is 14.0. The Balaban J connectivity index is 2.06. The number of hydrogen-bond donors (Lipinski definition) is 3. The number of likely N-dealkylation sites (N-methyl/N-ethyl adjacent to an activating group) is 1. The quantitative estimate of drug-likeness (QED) is 0.734. The first-order chi connectivity index (χ1) is 12.3. The Labute approximate surface area is 148 Å². The summed E-state index contributed by atoms with van der Waals surface area (Å²) in [5, 5.41) is 7.94. The van der Waals surface area contributed by atoms with Crippen LogP contribution >= 0.6 is 0 Å². The largest absolute Gasteiger partial charge is 0.416 e. The molecule has 0 radical (unpaired) electrons. The smallest absolute Gasteiger partial charge is 0.376 e. The van der Waals surface area contributed by atoms with Gasteiger partial charge in [-0.2, -0.15) is 13.2 Å². The van der Waals surface area contributed by atoms with Gasteiger partial charge in [0.25, 0.3) is 5.91 Å². The standard InChI is InChI=1S/C18H18F3N3O2/c1-2-22-16(25)11-23-14-7-3-5-12(9-14)17(26)24-15-8-4-6-13(10-15)18(19,20)21/h3-10,23H,2,11H2,1H3,(H,22,25)(H,24,26). The van der Waals surface area contributed by atoms with E-state index in [2.05, 4.69) is 16.0 Å². The first-order valence-corrected chi connectivity index (χ1v) is 7.89. The molecule has 2 amide bonds. The molecule has 0 atom stereocenters. The van der Waals surface area contributed by atoms with Gasteiger partial charge in [-0.05, 0) is 43.3 Å². The van der Waals surface area contributed by atoms with Crippen LogP contribution < -0.4 is 16.0 Å². The summed E-state index contributed by atoms with van der Waals surface area (Å²) < 4.78 is 38.2. The summed E-state index contributed by atoms with van der Waals surface area (Å²) in [6.45, 7) is 2.36. The Morgan fingerprint density at radius 1 is 1.00 bits per heavy atom. The average Bonchev–Trinajstić information content (AvgIpc) is 2.60. The van der Waals surface area contributed by atoms with Gasteiger partial charge in [-0.3, -0.25) is 9.59 Å². The van der Waals surface area contributed by atoms with Crippen LogP contribution in [-0.4, -0.2) is 24.9 Å². The van der Waals surface area contributed by atoms with Gasteiger partial charge in [-0.15, -0.1) is 0 Å². The van der Waals surface area contributed by atoms with Crippen molar-refractivity contribution in [3.05, 3.63) is 59.7 Å². The highest BCUT2D eigenvalue weighted by atomic mass is 19.4. The van der Waals surface area contributed by atoms with Crippen LogP contribution in [0.2, 0.25) is 0 Å². The second kappa shape index (κ2) is 8.37. The third kappa shape index (κ3) is 5.51. The van der Waals surface area contributed by atoms with Gasteiger partial charge in [-0.25, -0.2) is 0 Å². The van der Waals surface area contributed by atoms with E-state index >= 15 is 0 Å². The summed E-state index contributed by atoms with van der Waals surface area (Å²) in [6, 6.07) is 10.7. The molecule has 0 saturated heterocycles. The fourth-order valence-corrected chi connectivity index (χ4v) is 2.19. The average molecular weight is 365 g/mol. The highest BCUT2D eigenvalue weighted by Crippen LogP contribution is 2.30. The Kier molecular flexibility index (Phi) is 6.21. The van der Waals surface area contributed by atoms with E-state index in [9.17, 15) is 22.8 Å². The maximum Gasteiger partial charge on any atom is 0.416 e. The molecule has 0 unspecified atom stereocenters. The molecular weight excluding hydrogens is 347 g/mol. The van der Waals surface area contributed by atoms with Crippen LogP contribution in [0.25, 0.3) is 0 Å². The molecule has 0 fully saturated rings. The van der Waals surface area contributed by atoms with Crippen molar-refractivity contribution in [3.63, 3.8) is 0 Å². The molecule has 0 heterocycles. The summed E-state index contributed by atoms with van der Waals surface area (Å²) in [5.41, 5.74) is 0.00872.